The maximum atomic E-state index is 13.4. The van der Waals surface area contributed by atoms with E-state index in [9.17, 15) is 13.2 Å². The molecule has 0 aliphatic carbocycles. The molecule has 2 rings (SSSR count). The summed E-state index contributed by atoms with van der Waals surface area (Å²) in [7, 11) is 0. The maximum Gasteiger partial charge on any atom is 0.169 e. The van der Waals surface area contributed by atoms with Crippen molar-refractivity contribution in [1.82, 2.24) is 0 Å². The van der Waals surface area contributed by atoms with Crippen LogP contribution in [-0.4, -0.2) is 0 Å². The van der Waals surface area contributed by atoms with Crippen LogP contribution in [0.4, 0.5) is 13.2 Å². The third-order valence-corrected chi connectivity index (χ3v) is 3.03. The van der Waals surface area contributed by atoms with Crippen molar-refractivity contribution in [1.29, 1.82) is 0 Å². The minimum atomic E-state index is -1.25. The van der Waals surface area contributed by atoms with Crippen LogP contribution >= 0.6 is 27.5 Å². The van der Waals surface area contributed by atoms with E-state index in [2.05, 4.69) is 15.9 Å². The third kappa shape index (κ3) is 2.50. The summed E-state index contributed by atoms with van der Waals surface area (Å²) in [5, 5.41) is -1.02. The molecule has 1 atom stereocenters. The standard InChI is InChI=1S/C11H5BrClF3O/c12-10-2-1-9(17-10)11(13)5-3-7(15)8(16)4-6(5)14/h1-4,11H. The number of hydrogen-bond acceptors (Lipinski definition) is 1. The largest absolute Gasteiger partial charge is 0.452 e. The monoisotopic (exact) mass is 324 g/mol. The molecular weight excluding hydrogens is 320 g/mol. The van der Waals surface area contributed by atoms with E-state index in [1.807, 2.05) is 0 Å². The van der Waals surface area contributed by atoms with Crippen molar-refractivity contribution < 1.29 is 17.6 Å². The zero-order valence-electron chi connectivity index (χ0n) is 8.18. The molecule has 0 aliphatic rings. The number of halogens is 5. The fraction of sp³-hybridized carbons (Fsp3) is 0.0909. The van der Waals surface area contributed by atoms with Gasteiger partial charge in [-0.3, -0.25) is 0 Å². The maximum absolute atomic E-state index is 13.4. The van der Waals surface area contributed by atoms with E-state index in [1.165, 1.54) is 6.07 Å². The molecule has 6 heteroatoms. The molecule has 0 fully saturated rings. The summed E-state index contributed by atoms with van der Waals surface area (Å²) in [6.07, 6.45) is 0. The number of alkyl halides is 1. The molecule has 17 heavy (non-hydrogen) atoms. The van der Waals surface area contributed by atoms with Gasteiger partial charge < -0.3 is 4.42 Å². The highest BCUT2D eigenvalue weighted by Gasteiger charge is 2.21. The molecule has 1 nitrogen and oxygen atoms in total. The summed E-state index contributed by atoms with van der Waals surface area (Å²) >= 11 is 9.00. The SMILES string of the molecule is Fc1cc(F)c(C(Cl)c2ccc(Br)o2)cc1F. The molecule has 0 spiro atoms. The quantitative estimate of drug-likeness (QED) is 0.572. The van der Waals surface area contributed by atoms with E-state index in [0.29, 0.717) is 10.7 Å². The van der Waals surface area contributed by atoms with Crippen molar-refractivity contribution in [3.63, 3.8) is 0 Å². The minimum Gasteiger partial charge on any atom is -0.452 e. The molecule has 0 amide bonds. The van der Waals surface area contributed by atoms with Crippen molar-refractivity contribution in [2.75, 3.05) is 0 Å². The molecule has 1 aromatic heterocycles. The lowest BCUT2D eigenvalue weighted by atomic mass is 10.1. The second kappa shape index (κ2) is 4.74. The van der Waals surface area contributed by atoms with Crippen LogP contribution in [0, 0.1) is 17.5 Å². The molecule has 0 N–H and O–H groups in total. The van der Waals surface area contributed by atoms with Crippen LogP contribution in [0.25, 0.3) is 0 Å². The first kappa shape index (κ1) is 12.5. The zero-order valence-corrected chi connectivity index (χ0v) is 10.5. The Hall–Kier alpha value is -0.940. The Morgan fingerprint density at radius 1 is 1.06 bits per heavy atom. The first-order valence-electron chi connectivity index (χ1n) is 4.53. The van der Waals surface area contributed by atoms with Crippen LogP contribution in [0.5, 0.6) is 0 Å². The number of rotatable bonds is 2. The van der Waals surface area contributed by atoms with Gasteiger partial charge in [-0.1, -0.05) is 0 Å². The molecule has 2 aromatic rings. The summed E-state index contributed by atoms with van der Waals surface area (Å²) < 4.78 is 44.7. The van der Waals surface area contributed by atoms with Crippen LogP contribution < -0.4 is 0 Å². The Bertz CT molecular complexity index is 556. The van der Waals surface area contributed by atoms with E-state index in [0.717, 1.165) is 6.07 Å². The lowest BCUT2D eigenvalue weighted by Crippen LogP contribution is -1.99. The van der Waals surface area contributed by atoms with E-state index < -0.39 is 22.8 Å². The minimum absolute atomic E-state index is 0.174. The second-order valence-corrected chi connectivity index (χ2v) is 4.51. The first-order chi connectivity index (χ1) is 7.99. The van der Waals surface area contributed by atoms with E-state index in [-0.39, 0.29) is 11.3 Å². The van der Waals surface area contributed by atoms with Gasteiger partial charge in [0.1, 0.15) is 17.0 Å². The van der Waals surface area contributed by atoms with Crippen LogP contribution in [0.1, 0.15) is 16.7 Å². The Labute approximate surface area is 108 Å². The van der Waals surface area contributed by atoms with Crippen LogP contribution in [0.15, 0.2) is 33.4 Å². The van der Waals surface area contributed by atoms with Crippen molar-refractivity contribution >= 4 is 27.5 Å². The number of hydrogen-bond donors (Lipinski definition) is 0. The summed E-state index contributed by atoms with van der Waals surface area (Å²) in [6.45, 7) is 0. The van der Waals surface area contributed by atoms with Gasteiger partial charge in [0.15, 0.2) is 16.3 Å². The van der Waals surface area contributed by atoms with Gasteiger partial charge >= 0.3 is 0 Å². The molecule has 1 aromatic carbocycles. The highest BCUT2D eigenvalue weighted by Crippen LogP contribution is 2.33. The lowest BCUT2D eigenvalue weighted by molar-refractivity contribution is 0.475. The normalized spacial score (nSPS) is 12.8. The first-order valence-corrected chi connectivity index (χ1v) is 5.75. The van der Waals surface area contributed by atoms with Crippen molar-refractivity contribution in [3.05, 3.63) is 57.7 Å². The molecule has 1 unspecified atom stereocenters. The Morgan fingerprint density at radius 2 is 1.71 bits per heavy atom. The Kier molecular flexibility index (Phi) is 3.49. The van der Waals surface area contributed by atoms with Gasteiger partial charge in [0.2, 0.25) is 0 Å². The summed E-state index contributed by atoms with van der Waals surface area (Å²) in [5.74, 6) is -3.09. The average molecular weight is 326 g/mol. The molecule has 0 aliphatic heterocycles. The average Bonchev–Trinajstić information content (AvgIpc) is 2.69. The highest BCUT2D eigenvalue weighted by atomic mass is 79.9. The number of furan rings is 1. The van der Waals surface area contributed by atoms with E-state index >= 15 is 0 Å². The molecular formula is C11H5BrClF3O. The number of benzene rings is 1. The van der Waals surface area contributed by atoms with E-state index in [1.54, 1.807) is 6.07 Å². The van der Waals surface area contributed by atoms with Crippen molar-refractivity contribution in [3.8, 4) is 0 Å². The fourth-order valence-corrected chi connectivity index (χ4v) is 1.95. The summed E-state index contributed by atoms with van der Waals surface area (Å²) in [5.41, 5.74) is -0.174. The van der Waals surface area contributed by atoms with Gasteiger partial charge in [0, 0.05) is 11.6 Å². The van der Waals surface area contributed by atoms with Gasteiger partial charge in [0.05, 0.1) is 0 Å². The molecule has 90 valence electrons. The zero-order chi connectivity index (χ0) is 12.6. The smallest absolute Gasteiger partial charge is 0.169 e. The molecule has 1 heterocycles. The van der Waals surface area contributed by atoms with Gasteiger partial charge in [-0.05, 0) is 34.1 Å². The van der Waals surface area contributed by atoms with Crippen molar-refractivity contribution in [2.24, 2.45) is 0 Å². The second-order valence-electron chi connectivity index (χ2n) is 3.29. The van der Waals surface area contributed by atoms with Gasteiger partial charge in [0.25, 0.3) is 0 Å². The predicted molar refractivity (Wildman–Crippen MR) is 60.4 cm³/mol. The fourth-order valence-electron chi connectivity index (χ4n) is 1.35. The van der Waals surface area contributed by atoms with Crippen LogP contribution in [0.2, 0.25) is 0 Å². The molecule has 0 radical (unpaired) electrons. The molecule has 0 saturated heterocycles. The summed E-state index contributed by atoms with van der Waals surface area (Å²) in [4.78, 5) is 0. The van der Waals surface area contributed by atoms with E-state index in [4.69, 9.17) is 16.0 Å². The predicted octanol–water partition coefficient (Wildman–Crippen LogP) is 4.79. The van der Waals surface area contributed by atoms with Gasteiger partial charge in [-0.25, -0.2) is 13.2 Å². The van der Waals surface area contributed by atoms with Crippen LogP contribution in [-0.2, 0) is 0 Å². The Balaban J connectivity index is 2.43. The van der Waals surface area contributed by atoms with Crippen LogP contribution in [0.3, 0.4) is 0 Å². The highest BCUT2D eigenvalue weighted by molar-refractivity contribution is 9.10. The van der Waals surface area contributed by atoms with Crippen molar-refractivity contribution in [2.45, 2.75) is 5.38 Å². The molecule has 0 saturated carbocycles. The Morgan fingerprint density at radius 3 is 2.29 bits per heavy atom. The molecule has 0 bridgehead atoms. The van der Waals surface area contributed by atoms with Gasteiger partial charge in [-0.15, -0.1) is 11.6 Å². The third-order valence-electron chi connectivity index (χ3n) is 2.16. The summed E-state index contributed by atoms with van der Waals surface area (Å²) in [6, 6.07) is 4.27. The lowest BCUT2D eigenvalue weighted by Gasteiger charge is -2.08. The topological polar surface area (TPSA) is 13.1 Å². The van der Waals surface area contributed by atoms with Gasteiger partial charge in [-0.2, -0.15) is 0 Å².